The summed E-state index contributed by atoms with van der Waals surface area (Å²) in [4.78, 5) is 26.8. The predicted molar refractivity (Wildman–Crippen MR) is 157 cm³/mol. The second-order valence-electron chi connectivity index (χ2n) is 11.9. The Morgan fingerprint density at radius 2 is 0.906 bits per heavy atom. The molecule has 0 amide bonds. The molecule has 0 aromatic carbocycles. The largest absolute Gasteiger partial charge is 0.277 e. The van der Waals surface area contributed by atoms with Gasteiger partial charge in [-0.3, -0.25) is 9.59 Å². The highest BCUT2D eigenvalue weighted by Crippen LogP contribution is 2.42. The molecule has 4 heterocycles. The van der Waals surface area contributed by atoms with Crippen LogP contribution in [0.4, 0.5) is 0 Å². The molecule has 0 aliphatic heterocycles. The van der Waals surface area contributed by atoms with Crippen LogP contribution in [-0.2, 0) is 0 Å². The molecule has 0 atom stereocenters. The van der Waals surface area contributed by atoms with E-state index in [9.17, 15) is 9.59 Å². The molecule has 4 aromatic heterocycles. The zero-order valence-electron chi connectivity index (χ0n) is 20.6. The third-order valence-corrected chi connectivity index (χ3v) is 25.9. The number of hydrogen-bond acceptors (Lipinski definition) is 6. The van der Waals surface area contributed by atoms with Crippen LogP contribution in [0, 0.1) is 0 Å². The molecule has 0 saturated carbocycles. The van der Waals surface area contributed by atoms with Gasteiger partial charge in [0.25, 0.3) is 0 Å². The van der Waals surface area contributed by atoms with E-state index in [-0.39, 0.29) is 19.6 Å². The number of fused-ring (bicyclic) bond motifs is 5. The topological polar surface area (TPSA) is 34.1 Å². The summed E-state index contributed by atoms with van der Waals surface area (Å²) < 4.78 is 6.83. The summed E-state index contributed by atoms with van der Waals surface area (Å²) in [6.45, 7) is 23.4. The Morgan fingerprint density at radius 3 is 1.19 bits per heavy atom. The molecule has 0 unspecified atom stereocenters. The minimum atomic E-state index is -1.75. The van der Waals surface area contributed by atoms with Crippen molar-refractivity contribution >= 4 is 100 Å². The zero-order chi connectivity index (χ0) is 24.0. The molecule has 0 aliphatic rings. The van der Waals surface area contributed by atoms with Crippen molar-refractivity contribution in [2.45, 2.75) is 77.8 Å². The third kappa shape index (κ3) is 3.57. The van der Waals surface area contributed by atoms with Gasteiger partial charge in [-0.1, -0.05) is 90.4 Å². The standard InChI is InChI=1S/C24H32O2S4Si2/c1-23(2,3)31(7,8)15-11-13-19(29-15)17-18(22(26)27-13)20-14(28-21(17)25)12-16(30-20)32(9,10)24(4,5)6/h11-12H,1-10H3. The van der Waals surface area contributed by atoms with Gasteiger partial charge < -0.3 is 0 Å². The molecular formula is C24H32O2S4Si2. The Bertz CT molecular complexity index is 1370. The highest BCUT2D eigenvalue weighted by atomic mass is 32.1. The molecule has 0 spiro atoms. The maximum atomic E-state index is 13.4. The number of rotatable bonds is 2. The van der Waals surface area contributed by atoms with Crippen LogP contribution in [0.3, 0.4) is 0 Å². The van der Waals surface area contributed by atoms with Gasteiger partial charge in [0.05, 0.1) is 36.3 Å². The second-order valence-corrected chi connectivity index (χ2v) is 27.3. The lowest BCUT2D eigenvalue weighted by molar-refractivity contribution is 0.730. The van der Waals surface area contributed by atoms with Gasteiger partial charge in [0, 0.05) is 9.40 Å². The molecular weight excluding hydrogens is 505 g/mol. The predicted octanol–water partition coefficient (Wildman–Crippen LogP) is 7.54. The van der Waals surface area contributed by atoms with Crippen LogP contribution in [0.15, 0.2) is 21.7 Å². The summed E-state index contributed by atoms with van der Waals surface area (Å²) >= 11 is 6.17. The third-order valence-electron chi connectivity index (χ3n) is 7.90. The molecule has 2 nitrogen and oxygen atoms in total. The number of thiophene rings is 2. The fraction of sp³-hybridized carbons (Fsp3) is 0.500. The van der Waals surface area contributed by atoms with Crippen LogP contribution in [0.2, 0.25) is 36.3 Å². The molecule has 0 fully saturated rings. The van der Waals surface area contributed by atoms with Crippen molar-refractivity contribution in [3.63, 3.8) is 0 Å². The molecule has 0 radical (unpaired) electrons. The summed E-state index contributed by atoms with van der Waals surface area (Å²) in [5.41, 5.74) is 0. The number of hydrogen-bond donors (Lipinski definition) is 0. The van der Waals surface area contributed by atoms with Crippen molar-refractivity contribution in [1.29, 1.82) is 0 Å². The highest BCUT2D eigenvalue weighted by molar-refractivity contribution is 7.38. The van der Waals surface area contributed by atoms with Gasteiger partial charge in [0.1, 0.15) is 0 Å². The normalized spacial score (nSPS) is 14.2. The first kappa shape index (κ1) is 24.5. The summed E-state index contributed by atoms with van der Waals surface area (Å²) in [6.07, 6.45) is 0. The summed E-state index contributed by atoms with van der Waals surface area (Å²) in [5, 5.41) is 1.74. The molecule has 0 bridgehead atoms. The fourth-order valence-corrected chi connectivity index (χ4v) is 15.0. The summed E-state index contributed by atoms with van der Waals surface area (Å²) in [6, 6.07) is 4.43. The van der Waals surface area contributed by atoms with Crippen molar-refractivity contribution in [1.82, 2.24) is 0 Å². The molecule has 0 N–H and O–H groups in total. The van der Waals surface area contributed by atoms with Crippen LogP contribution in [-0.4, -0.2) is 16.1 Å². The van der Waals surface area contributed by atoms with Crippen molar-refractivity contribution in [2.75, 3.05) is 0 Å². The van der Waals surface area contributed by atoms with E-state index in [2.05, 4.69) is 79.9 Å². The van der Waals surface area contributed by atoms with Crippen molar-refractivity contribution in [3.05, 3.63) is 31.2 Å². The van der Waals surface area contributed by atoms with Gasteiger partial charge in [0.15, 0.2) is 0 Å². The Kier molecular flexibility index (Phi) is 5.68. The second kappa shape index (κ2) is 7.42. The zero-order valence-corrected chi connectivity index (χ0v) is 25.9. The smallest absolute Gasteiger partial charge is 0.242 e. The Labute approximate surface area is 208 Å². The maximum absolute atomic E-state index is 13.4. The summed E-state index contributed by atoms with van der Waals surface area (Å²) in [7, 11) is -3.50. The van der Waals surface area contributed by atoms with Gasteiger partial charge >= 0.3 is 0 Å². The highest BCUT2D eigenvalue weighted by Gasteiger charge is 2.40. The minimum Gasteiger partial charge on any atom is -0.277 e. The van der Waals surface area contributed by atoms with Crippen LogP contribution < -0.4 is 18.5 Å². The lowest BCUT2D eigenvalue weighted by Gasteiger charge is -2.35. The van der Waals surface area contributed by atoms with Crippen LogP contribution in [0.1, 0.15) is 41.5 Å². The van der Waals surface area contributed by atoms with E-state index in [4.69, 9.17) is 0 Å². The van der Waals surface area contributed by atoms with Crippen LogP contribution in [0.5, 0.6) is 0 Å². The lowest BCUT2D eigenvalue weighted by Crippen LogP contribution is -2.47. The van der Waals surface area contributed by atoms with Gasteiger partial charge in [0.2, 0.25) is 9.48 Å². The van der Waals surface area contributed by atoms with E-state index < -0.39 is 16.1 Å². The monoisotopic (exact) mass is 536 g/mol. The average Bonchev–Trinajstić information content (AvgIpc) is 3.23. The molecule has 32 heavy (non-hydrogen) atoms. The van der Waals surface area contributed by atoms with Crippen molar-refractivity contribution < 1.29 is 0 Å². The fourth-order valence-electron chi connectivity index (χ4n) is 3.52. The van der Waals surface area contributed by atoms with E-state index in [1.165, 1.54) is 31.7 Å². The summed E-state index contributed by atoms with van der Waals surface area (Å²) in [5.74, 6) is 0. The average molecular weight is 537 g/mol. The first-order chi connectivity index (χ1) is 14.5. The first-order valence-electron chi connectivity index (χ1n) is 10.9. The molecule has 0 saturated heterocycles. The molecule has 4 rings (SSSR count). The molecule has 0 aliphatic carbocycles. The van der Waals surface area contributed by atoms with E-state index in [0.717, 1.165) is 18.8 Å². The van der Waals surface area contributed by atoms with Gasteiger partial charge in [-0.15, -0.1) is 22.7 Å². The lowest BCUT2D eigenvalue weighted by atomic mass is 10.2. The Hall–Kier alpha value is -0.646. The van der Waals surface area contributed by atoms with Crippen molar-refractivity contribution in [3.8, 4) is 0 Å². The Balaban J connectivity index is 2.10. The Morgan fingerprint density at radius 1 is 0.594 bits per heavy atom. The van der Waals surface area contributed by atoms with Gasteiger partial charge in [-0.2, -0.15) is 0 Å². The molecule has 172 valence electrons. The van der Waals surface area contributed by atoms with Crippen LogP contribution >= 0.6 is 45.3 Å². The van der Waals surface area contributed by atoms with E-state index in [0.29, 0.717) is 10.8 Å². The molecule has 8 heteroatoms. The van der Waals surface area contributed by atoms with Gasteiger partial charge in [-0.25, -0.2) is 0 Å². The van der Waals surface area contributed by atoms with Gasteiger partial charge in [-0.05, 0) is 31.2 Å². The first-order valence-corrected chi connectivity index (χ1v) is 20.2. The maximum Gasteiger partial charge on any atom is 0.242 e. The van der Waals surface area contributed by atoms with E-state index in [1.54, 1.807) is 22.7 Å². The van der Waals surface area contributed by atoms with Crippen molar-refractivity contribution in [2.24, 2.45) is 0 Å². The molecule has 4 aromatic rings. The minimum absolute atomic E-state index is 0.0330. The quantitative estimate of drug-likeness (QED) is 0.248. The van der Waals surface area contributed by atoms with E-state index >= 15 is 0 Å². The van der Waals surface area contributed by atoms with E-state index in [1.807, 2.05) is 0 Å². The SMILES string of the molecule is CC(C)(C)[Si](C)(C)c1cc2sc(=O)c3c4sc([Si](C)(C)C(C)(C)C)cc4sc(=O)c3c2s1. The van der Waals surface area contributed by atoms with Crippen LogP contribution in [0.25, 0.3) is 29.6 Å².